The highest BCUT2D eigenvalue weighted by molar-refractivity contribution is 9.10. The maximum Gasteiger partial charge on any atom is 0.257 e. The summed E-state index contributed by atoms with van der Waals surface area (Å²) in [5, 5.41) is 12.1. The Morgan fingerprint density at radius 2 is 2.18 bits per heavy atom. The van der Waals surface area contributed by atoms with Crippen LogP contribution in [0.2, 0.25) is 5.02 Å². The van der Waals surface area contributed by atoms with Crippen molar-refractivity contribution < 1.29 is 4.79 Å². The molecule has 0 saturated carbocycles. The Labute approximate surface area is 115 Å². The summed E-state index contributed by atoms with van der Waals surface area (Å²) in [7, 11) is 0. The number of hydrogen-bond acceptors (Lipinski definition) is 4. The topological polar surface area (TPSA) is 54.9 Å². The first-order chi connectivity index (χ1) is 8.04. The van der Waals surface area contributed by atoms with Crippen LogP contribution in [-0.2, 0) is 0 Å². The minimum atomic E-state index is -0.260. The van der Waals surface area contributed by atoms with Crippen molar-refractivity contribution in [3.63, 3.8) is 0 Å². The third kappa shape index (κ3) is 3.24. The van der Waals surface area contributed by atoms with Gasteiger partial charge < -0.3 is 0 Å². The molecule has 0 bridgehead atoms. The van der Waals surface area contributed by atoms with E-state index in [1.807, 2.05) is 6.92 Å². The number of anilines is 1. The molecule has 88 valence electrons. The second-order valence-electron chi connectivity index (χ2n) is 3.24. The van der Waals surface area contributed by atoms with Crippen molar-refractivity contribution in [1.82, 2.24) is 10.2 Å². The first kappa shape index (κ1) is 12.5. The Hall–Kier alpha value is -0.980. The van der Waals surface area contributed by atoms with Crippen LogP contribution in [0.25, 0.3) is 0 Å². The van der Waals surface area contributed by atoms with Crippen molar-refractivity contribution in [2.75, 3.05) is 5.32 Å². The molecule has 1 N–H and O–H groups in total. The minimum absolute atomic E-state index is 0.260. The average molecular weight is 333 g/mol. The molecule has 17 heavy (non-hydrogen) atoms. The maximum atomic E-state index is 11.9. The van der Waals surface area contributed by atoms with E-state index >= 15 is 0 Å². The molecule has 0 aliphatic rings. The van der Waals surface area contributed by atoms with E-state index in [-0.39, 0.29) is 5.91 Å². The second-order valence-corrected chi connectivity index (χ2v) is 5.77. The minimum Gasteiger partial charge on any atom is -0.296 e. The summed E-state index contributed by atoms with van der Waals surface area (Å²) < 4.78 is 0.753. The number of carbonyl (C=O) groups is 1. The molecular formula is C10H7BrClN3OS. The van der Waals surface area contributed by atoms with E-state index < -0.39 is 0 Å². The second kappa shape index (κ2) is 5.12. The van der Waals surface area contributed by atoms with Gasteiger partial charge >= 0.3 is 0 Å². The van der Waals surface area contributed by atoms with E-state index in [0.29, 0.717) is 15.7 Å². The zero-order chi connectivity index (χ0) is 12.4. The smallest absolute Gasteiger partial charge is 0.257 e. The zero-order valence-electron chi connectivity index (χ0n) is 8.70. The molecule has 1 aromatic heterocycles. The highest BCUT2D eigenvalue weighted by Crippen LogP contribution is 2.21. The van der Waals surface area contributed by atoms with Crippen molar-refractivity contribution in [3.8, 4) is 0 Å². The van der Waals surface area contributed by atoms with Crippen molar-refractivity contribution in [3.05, 3.63) is 38.3 Å². The van der Waals surface area contributed by atoms with Crippen molar-refractivity contribution in [2.24, 2.45) is 0 Å². The molecule has 0 radical (unpaired) electrons. The number of nitrogens with one attached hydrogen (secondary N) is 1. The average Bonchev–Trinajstić information content (AvgIpc) is 2.62. The molecule has 0 atom stereocenters. The van der Waals surface area contributed by atoms with Gasteiger partial charge in [0.15, 0.2) is 0 Å². The van der Waals surface area contributed by atoms with Crippen molar-refractivity contribution in [2.45, 2.75) is 6.92 Å². The number of benzene rings is 1. The van der Waals surface area contributed by atoms with Crippen LogP contribution in [0.15, 0.2) is 22.7 Å². The Morgan fingerprint density at radius 3 is 2.76 bits per heavy atom. The van der Waals surface area contributed by atoms with Crippen LogP contribution in [0.3, 0.4) is 0 Å². The molecule has 0 fully saturated rings. The number of aromatic nitrogens is 2. The molecule has 0 aliphatic heterocycles. The number of halogens is 2. The van der Waals surface area contributed by atoms with Crippen LogP contribution in [0.4, 0.5) is 5.13 Å². The monoisotopic (exact) mass is 331 g/mol. The van der Waals surface area contributed by atoms with Gasteiger partial charge in [-0.2, -0.15) is 0 Å². The molecule has 0 aliphatic carbocycles. The molecule has 1 aromatic carbocycles. The third-order valence-electron chi connectivity index (χ3n) is 1.87. The Bertz CT molecular complexity index is 552. The summed E-state index contributed by atoms with van der Waals surface area (Å²) in [6, 6.07) is 5.00. The SMILES string of the molecule is Cc1nnc(NC(=O)c2cc(Cl)cc(Br)c2)s1. The standard InChI is InChI=1S/C10H7BrClN3OS/c1-5-14-15-10(17-5)13-9(16)6-2-7(11)4-8(12)3-6/h2-4H,1H3,(H,13,15,16). The number of rotatable bonds is 2. The van der Waals surface area contributed by atoms with Crippen LogP contribution in [0, 0.1) is 6.92 Å². The van der Waals surface area contributed by atoms with E-state index in [0.717, 1.165) is 9.48 Å². The summed E-state index contributed by atoms with van der Waals surface area (Å²) in [6.45, 7) is 1.82. The van der Waals surface area contributed by atoms with Gasteiger partial charge in [-0.1, -0.05) is 38.9 Å². The highest BCUT2D eigenvalue weighted by atomic mass is 79.9. The largest absolute Gasteiger partial charge is 0.296 e. The quantitative estimate of drug-likeness (QED) is 0.915. The predicted molar refractivity (Wildman–Crippen MR) is 71.8 cm³/mol. The molecule has 0 unspecified atom stereocenters. The van der Waals surface area contributed by atoms with Gasteiger partial charge in [0.2, 0.25) is 5.13 Å². The fraction of sp³-hybridized carbons (Fsp3) is 0.100. The van der Waals surface area contributed by atoms with Crippen LogP contribution in [-0.4, -0.2) is 16.1 Å². The lowest BCUT2D eigenvalue weighted by molar-refractivity contribution is 0.102. The Balaban J connectivity index is 2.19. The van der Waals surface area contributed by atoms with Gasteiger partial charge in [0.05, 0.1) is 0 Å². The number of hydrogen-bond donors (Lipinski definition) is 1. The lowest BCUT2D eigenvalue weighted by atomic mass is 10.2. The van der Waals surface area contributed by atoms with E-state index in [1.165, 1.54) is 11.3 Å². The predicted octanol–water partition coefficient (Wildman–Crippen LogP) is 3.51. The van der Waals surface area contributed by atoms with Crippen molar-refractivity contribution in [1.29, 1.82) is 0 Å². The molecule has 7 heteroatoms. The van der Waals surface area contributed by atoms with Crippen LogP contribution >= 0.6 is 38.9 Å². The van der Waals surface area contributed by atoms with E-state index in [1.54, 1.807) is 18.2 Å². The Kier molecular flexibility index (Phi) is 3.76. The first-order valence-corrected chi connectivity index (χ1v) is 6.61. The van der Waals surface area contributed by atoms with Gasteiger partial charge in [-0.15, -0.1) is 10.2 Å². The van der Waals surface area contributed by atoms with Gasteiger partial charge in [-0.25, -0.2) is 0 Å². The van der Waals surface area contributed by atoms with Crippen molar-refractivity contribution >= 4 is 49.9 Å². The molecular weight excluding hydrogens is 326 g/mol. The Morgan fingerprint density at radius 1 is 1.41 bits per heavy atom. The molecule has 0 saturated heterocycles. The molecule has 1 amide bonds. The van der Waals surface area contributed by atoms with Crippen LogP contribution in [0.1, 0.15) is 15.4 Å². The molecule has 4 nitrogen and oxygen atoms in total. The zero-order valence-corrected chi connectivity index (χ0v) is 11.9. The van der Waals surface area contributed by atoms with Crippen LogP contribution in [0.5, 0.6) is 0 Å². The van der Waals surface area contributed by atoms with Gasteiger partial charge in [0.1, 0.15) is 5.01 Å². The third-order valence-corrected chi connectivity index (χ3v) is 3.30. The number of aryl methyl sites for hydroxylation is 1. The number of amides is 1. The van der Waals surface area contributed by atoms with Crippen LogP contribution < -0.4 is 5.32 Å². The lowest BCUT2D eigenvalue weighted by Crippen LogP contribution is -2.11. The fourth-order valence-corrected chi connectivity index (χ4v) is 2.65. The van der Waals surface area contributed by atoms with Gasteiger partial charge in [0.25, 0.3) is 5.91 Å². The van der Waals surface area contributed by atoms with Gasteiger partial charge in [-0.3, -0.25) is 10.1 Å². The van der Waals surface area contributed by atoms with E-state index in [2.05, 4.69) is 31.4 Å². The van der Waals surface area contributed by atoms with E-state index in [4.69, 9.17) is 11.6 Å². The fourth-order valence-electron chi connectivity index (χ4n) is 1.20. The summed E-state index contributed by atoms with van der Waals surface area (Å²) in [6.07, 6.45) is 0. The maximum absolute atomic E-state index is 11.9. The number of carbonyl (C=O) groups excluding carboxylic acids is 1. The summed E-state index contributed by atoms with van der Waals surface area (Å²) in [5.74, 6) is -0.260. The summed E-state index contributed by atoms with van der Waals surface area (Å²) >= 11 is 10.5. The lowest BCUT2D eigenvalue weighted by Gasteiger charge is -2.02. The molecule has 0 spiro atoms. The van der Waals surface area contributed by atoms with Gasteiger partial charge in [0, 0.05) is 15.1 Å². The normalized spacial score (nSPS) is 10.3. The summed E-state index contributed by atoms with van der Waals surface area (Å²) in [5.41, 5.74) is 0.470. The molecule has 2 rings (SSSR count). The first-order valence-electron chi connectivity index (χ1n) is 4.62. The van der Waals surface area contributed by atoms with E-state index in [9.17, 15) is 4.79 Å². The highest BCUT2D eigenvalue weighted by Gasteiger charge is 2.10. The van der Waals surface area contributed by atoms with Gasteiger partial charge in [-0.05, 0) is 25.1 Å². The molecule has 1 heterocycles. The molecule has 2 aromatic rings. The number of nitrogens with zero attached hydrogens (tertiary/aromatic N) is 2. The summed E-state index contributed by atoms with van der Waals surface area (Å²) in [4.78, 5) is 11.9.